The molecular formula is C19H24N4O5. The van der Waals surface area contributed by atoms with Crippen molar-refractivity contribution in [2.75, 3.05) is 32.8 Å². The van der Waals surface area contributed by atoms with Crippen molar-refractivity contribution in [3.8, 4) is 0 Å². The molecule has 0 saturated carbocycles. The van der Waals surface area contributed by atoms with Gasteiger partial charge in [0, 0.05) is 26.2 Å². The fraction of sp³-hybridized carbons (Fsp3) is 0.474. The van der Waals surface area contributed by atoms with E-state index < -0.39 is 18.0 Å². The molecule has 0 radical (unpaired) electrons. The van der Waals surface area contributed by atoms with Crippen molar-refractivity contribution in [1.82, 2.24) is 20.0 Å². The third-order valence-corrected chi connectivity index (χ3v) is 4.83. The van der Waals surface area contributed by atoms with Crippen molar-refractivity contribution in [2.24, 2.45) is 0 Å². The second-order valence-electron chi connectivity index (χ2n) is 6.68. The molecule has 0 aromatic heterocycles. The Bertz CT molecular complexity index is 746. The topological polar surface area (TPSA) is 99.3 Å². The fourth-order valence-electron chi connectivity index (χ4n) is 3.29. The third kappa shape index (κ3) is 4.41. The Morgan fingerprint density at radius 2 is 1.71 bits per heavy atom. The van der Waals surface area contributed by atoms with E-state index >= 15 is 0 Å². The van der Waals surface area contributed by atoms with E-state index in [9.17, 15) is 19.2 Å². The zero-order chi connectivity index (χ0) is 20.1. The van der Waals surface area contributed by atoms with Gasteiger partial charge >= 0.3 is 12.1 Å². The first-order valence-electron chi connectivity index (χ1n) is 9.35. The number of carbonyl (C=O) groups excluding carboxylic acids is 4. The van der Waals surface area contributed by atoms with Gasteiger partial charge in [0.25, 0.3) is 5.91 Å². The van der Waals surface area contributed by atoms with Crippen LogP contribution in [0.25, 0.3) is 0 Å². The first kappa shape index (κ1) is 19.7. The molecule has 2 saturated heterocycles. The highest BCUT2D eigenvalue weighted by atomic mass is 16.6. The van der Waals surface area contributed by atoms with Crippen LogP contribution in [0.1, 0.15) is 18.9 Å². The second-order valence-corrected chi connectivity index (χ2v) is 6.68. The predicted octanol–water partition coefficient (Wildman–Crippen LogP) is 0.798. The van der Waals surface area contributed by atoms with Crippen molar-refractivity contribution < 1.29 is 23.9 Å². The zero-order valence-electron chi connectivity index (χ0n) is 15.8. The van der Waals surface area contributed by atoms with Gasteiger partial charge in [0.05, 0.1) is 19.6 Å². The van der Waals surface area contributed by atoms with E-state index in [4.69, 9.17) is 4.74 Å². The number of imide groups is 1. The van der Waals surface area contributed by atoms with Crippen molar-refractivity contribution in [3.05, 3.63) is 35.9 Å². The summed E-state index contributed by atoms with van der Waals surface area (Å²) < 4.78 is 4.96. The largest absolute Gasteiger partial charge is 0.450 e. The number of amides is 5. The molecule has 1 aromatic carbocycles. The fourth-order valence-corrected chi connectivity index (χ4v) is 3.29. The molecule has 0 spiro atoms. The molecule has 5 amide bonds. The van der Waals surface area contributed by atoms with Gasteiger partial charge in [0.15, 0.2) is 0 Å². The molecule has 0 bridgehead atoms. The van der Waals surface area contributed by atoms with Crippen LogP contribution in [0.2, 0.25) is 0 Å². The minimum Gasteiger partial charge on any atom is -0.450 e. The van der Waals surface area contributed by atoms with Gasteiger partial charge in [-0.3, -0.25) is 14.5 Å². The number of piperazine rings is 1. The van der Waals surface area contributed by atoms with Crippen LogP contribution in [-0.2, 0) is 20.9 Å². The minimum atomic E-state index is -0.855. The number of urea groups is 1. The molecular weight excluding hydrogens is 364 g/mol. The van der Waals surface area contributed by atoms with E-state index in [-0.39, 0.29) is 25.0 Å². The van der Waals surface area contributed by atoms with Gasteiger partial charge in [-0.25, -0.2) is 9.59 Å². The van der Waals surface area contributed by atoms with Crippen molar-refractivity contribution >= 4 is 23.9 Å². The minimum absolute atomic E-state index is 0.0880. The number of hydrogen-bond donors (Lipinski definition) is 1. The number of carbonyl (C=O) groups is 4. The maximum atomic E-state index is 12.6. The number of benzene rings is 1. The van der Waals surface area contributed by atoms with E-state index in [1.54, 1.807) is 16.7 Å². The molecule has 9 heteroatoms. The lowest BCUT2D eigenvalue weighted by molar-refractivity contribution is -0.137. The molecule has 9 nitrogen and oxygen atoms in total. The average Bonchev–Trinajstić information content (AvgIpc) is 2.96. The van der Waals surface area contributed by atoms with Crippen molar-refractivity contribution in [1.29, 1.82) is 0 Å². The molecule has 1 unspecified atom stereocenters. The maximum Gasteiger partial charge on any atom is 0.409 e. The quantitative estimate of drug-likeness (QED) is 0.752. The lowest BCUT2D eigenvalue weighted by Crippen LogP contribution is -2.51. The summed E-state index contributed by atoms with van der Waals surface area (Å²) in [4.78, 5) is 53.3. The highest BCUT2D eigenvalue weighted by molar-refractivity contribution is 6.05. The average molecular weight is 388 g/mol. The second kappa shape index (κ2) is 8.73. The first-order valence-corrected chi connectivity index (χ1v) is 9.35. The van der Waals surface area contributed by atoms with Gasteiger partial charge < -0.3 is 19.9 Å². The summed E-state index contributed by atoms with van der Waals surface area (Å²) in [6, 6.07) is 7.86. The highest BCUT2D eigenvalue weighted by Crippen LogP contribution is 2.15. The van der Waals surface area contributed by atoms with Gasteiger partial charge in [-0.1, -0.05) is 30.3 Å². The summed E-state index contributed by atoms with van der Waals surface area (Å²) in [5, 5.41) is 2.59. The summed E-state index contributed by atoms with van der Waals surface area (Å²) in [5.41, 5.74) is 0.841. The summed E-state index contributed by atoms with van der Waals surface area (Å²) >= 11 is 0. The molecule has 2 heterocycles. The number of rotatable bonds is 5. The molecule has 28 heavy (non-hydrogen) atoms. The predicted molar refractivity (Wildman–Crippen MR) is 99.1 cm³/mol. The molecule has 2 aliphatic heterocycles. The van der Waals surface area contributed by atoms with E-state index in [2.05, 4.69) is 5.32 Å². The van der Waals surface area contributed by atoms with E-state index in [0.29, 0.717) is 32.8 Å². The van der Waals surface area contributed by atoms with Gasteiger partial charge in [0.2, 0.25) is 5.91 Å². The molecule has 3 rings (SSSR count). The normalized spacial score (nSPS) is 19.6. The van der Waals surface area contributed by atoms with E-state index in [0.717, 1.165) is 10.5 Å². The maximum absolute atomic E-state index is 12.6. The van der Waals surface area contributed by atoms with Gasteiger partial charge in [-0.15, -0.1) is 0 Å². The van der Waals surface area contributed by atoms with Gasteiger partial charge in [0.1, 0.15) is 6.04 Å². The summed E-state index contributed by atoms with van der Waals surface area (Å²) in [6.45, 7) is 3.74. The summed E-state index contributed by atoms with van der Waals surface area (Å²) in [7, 11) is 0. The molecule has 150 valence electrons. The van der Waals surface area contributed by atoms with Crippen LogP contribution in [-0.4, -0.2) is 77.5 Å². The molecule has 1 atom stereocenters. The SMILES string of the molecule is CCOC(=O)N1CCN(C(=O)CC2NC(=O)N(Cc3ccccc3)C2=O)CC1. The zero-order valence-corrected chi connectivity index (χ0v) is 15.8. The van der Waals surface area contributed by atoms with Crippen LogP contribution in [0.5, 0.6) is 0 Å². The number of nitrogens with one attached hydrogen (secondary N) is 1. The molecule has 0 aliphatic carbocycles. The van der Waals surface area contributed by atoms with E-state index in [1.807, 2.05) is 30.3 Å². The summed E-state index contributed by atoms with van der Waals surface area (Å²) in [6.07, 6.45) is -0.473. The number of nitrogens with zero attached hydrogens (tertiary/aromatic N) is 3. The molecule has 1 aromatic rings. The van der Waals surface area contributed by atoms with E-state index in [1.165, 1.54) is 0 Å². The van der Waals surface area contributed by atoms with Crippen LogP contribution < -0.4 is 5.32 Å². The Morgan fingerprint density at radius 1 is 1.07 bits per heavy atom. The Hall–Kier alpha value is -3.10. The van der Waals surface area contributed by atoms with Crippen molar-refractivity contribution in [2.45, 2.75) is 25.9 Å². The third-order valence-electron chi connectivity index (χ3n) is 4.83. The Labute approximate surface area is 163 Å². The van der Waals surface area contributed by atoms with Crippen LogP contribution in [0.15, 0.2) is 30.3 Å². The smallest absolute Gasteiger partial charge is 0.409 e. The Morgan fingerprint density at radius 3 is 2.36 bits per heavy atom. The lowest BCUT2D eigenvalue weighted by Gasteiger charge is -2.34. The Balaban J connectivity index is 1.51. The molecule has 2 fully saturated rings. The lowest BCUT2D eigenvalue weighted by atomic mass is 10.1. The standard InChI is InChI=1S/C19H24N4O5/c1-2-28-19(27)22-10-8-21(9-11-22)16(24)12-15-17(25)23(18(26)20-15)13-14-6-4-3-5-7-14/h3-7,15H,2,8-13H2,1H3,(H,20,26). The van der Waals surface area contributed by atoms with Crippen LogP contribution in [0.3, 0.4) is 0 Å². The number of hydrogen-bond acceptors (Lipinski definition) is 5. The van der Waals surface area contributed by atoms with Gasteiger partial charge in [-0.05, 0) is 12.5 Å². The van der Waals surface area contributed by atoms with Crippen molar-refractivity contribution in [3.63, 3.8) is 0 Å². The highest BCUT2D eigenvalue weighted by Gasteiger charge is 2.40. The van der Waals surface area contributed by atoms with Gasteiger partial charge in [-0.2, -0.15) is 0 Å². The summed E-state index contributed by atoms with van der Waals surface area (Å²) in [5.74, 6) is -0.615. The molecule has 1 N–H and O–H groups in total. The molecule has 2 aliphatic rings. The Kier molecular flexibility index (Phi) is 6.13. The van der Waals surface area contributed by atoms with Crippen LogP contribution in [0.4, 0.5) is 9.59 Å². The van der Waals surface area contributed by atoms with Crippen LogP contribution >= 0.6 is 0 Å². The number of ether oxygens (including phenoxy) is 1. The monoisotopic (exact) mass is 388 g/mol. The first-order chi connectivity index (χ1) is 13.5. The van der Waals surface area contributed by atoms with Crippen LogP contribution in [0, 0.1) is 0 Å².